The minimum absolute atomic E-state index is 0.0574. The Hall–Kier alpha value is -2.31. The molecule has 0 radical (unpaired) electrons. The Morgan fingerprint density at radius 1 is 1.23 bits per heavy atom. The van der Waals surface area contributed by atoms with E-state index in [-0.39, 0.29) is 18.0 Å². The SMILES string of the molecule is O=C1NCC2CCC1N2c1cc(-n2ccnc2)c2ccc(Cl)c(Cl)c2n1. The molecule has 2 aliphatic rings. The lowest BCUT2D eigenvalue weighted by atomic mass is 10.1. The van der Waals surface area contributed by atoms with Gasteiger partial charge in [0, 0.05) is 36.4 Å². The maximum absolute atomic E-state index is 12.3. The van der Waals surface area contributed by atoms with Gasteiger partial charge in [-0.25, -0.2) is 9.97 Å². The van der Waals surface area contributed by atoms with Gasteiger partial charge in [-0.2, -0.15) is 0 Å². The molecule has 2 saturated heterocycles. The highest BCUT2D eigenvalue weighted by atomic mass is 35.5. The van der Waals surface area contributed by atoms with Gasteiger partial charge in [0.15, 0.2) is 0 Å². The van der Waals surface area contributed by atoms with Crippen LogP contribution in [0.3, 0.4) is 0 Å². The van der Waals surface area contributed by atoms with E-state index >= 15 is 0 Å². The molecular formula is C18H15Cl2N5O. The Morgan fingerprint density at radius 2 is 2.12 bits per heavy atom. The first-order valence-electron chi connectivity index (χ1n) is 8.46. The van der Waals surface area contributed by atoms with E-state index in [1.807, 2.05) is 22.9 Å². The number of halogens is 2. The number of anilines is 1. The summed E-state index contributed by atoms with van der Waals surface area (Å²) in [5.41, 5.74) is 1.54. The van der Waals surface area contributed by atoms with E-state index in [1.165, 1.54) is 0 Å². The number of nitrogens with zero attached hydrogens (tertiary/aromatic N) is 4. The van der Waals surface area contributed by atoms with Gasteiger partial charge >= 0.3 is 0 Å². The van der Waals surface area contributed by atoms with Crippen molar-refractivity contribution in [3.63, 3.8) is 0 Å². The normalized spacial score (nSPS) is 22.1. The van der Waals surface area contributed by atoms with Gasteiger partial charge in [0.05, 0.1) is 27.6 Å². The van der Waals surface area contributed by atoms with Gasteiger partial charge in [-0.1, -0.05) is 23.2 Å². The summed E-state index contributed by atoms with van der Waals surface area (Å²) >= 11 is 12.7. The number of fused-ring (bicyclic) bond motifs is 3. The predicted molar refractivity (Wildman–Crippen MR) is 101 cm³/mol. The highest BCUT2D eigenvalue weighted by Gasteiger charge is 2.42. The molecule has 26 heavy (non-hydrogen) atoms. The Balaban J connectivity index is 1.76. The van der Waals surface area contributed by atoms with Gasteiger partial charge in [0.1, 0.15) is 11.9 Å². The van der Waals surface area contributed by atoms with E-state index in [0.717, 1.165) is 29.7 Å². The molecule has 2 bridgehead atoms. The minimum atomic E-state index is -0.188. The molecule has 3 aromatic rings. The minimum Gasteiger partial charge on any atom is -0.352 e. The molecule has 6 nitrogen and oxygen atoms in total. The van der Waals surface area contributed by atoms with Gasteiger partial charge in [-0.15, -0.1) is 0 Å². The number of pyridine rings is 1. The highest BCUT2D eigenvalue weighted by Crippen LogP contribution is 2.38. The molecule has 2 fully saturated rings. The standard InChI is InChI=1S/C18H15Cl2N5O/c19-12-3-2-11-14(24-6-5-21-9-24)7-15(23-17(11)16(12)20)25-10-1-4-13(25)18(26)22-8-10/h2-3,5-7,9-10,13H,1,4,8H2,(H,22,26). The second kappa shape index (κ2) is 5.86. The molecule has 0 spiro atoms. The molecule has 0 saturated carbocycles. The smallest absolute Gasteiger partial charge is 0.242 e. The summed E-state index contributed by atoms with van der Waals surface area (Å²) in [6.07, 6.45) is 7.13. The number of rotatable bonds is 2. The van der Waals surface area contributed by atoms with Crippen LogP contribution in [0.4, 0.5) is 5.82 Å². The van der Waals surface area contributed by atoms with Crippen LogP contribution in [-0.4, -0.2) is 39.1 Å². The van der Waals surface area contributed by atoms with Gasteiger partial charge in [0.25, 0.3) is 0 Å². The van der Waals surface area contributed by atoms with E-state index in [0.29, 0.717) is 22.1 Å². The van der Waals surface area contributed by atoms with E-state index in [4.69, 9.17) is 28.2 Å². The number of amides is 1. The van der Waals surface area contributed by atoms with Crippen molar-refractivity contribution in [2.45, 2.75) is 24.9 Å². The monoisotopic (exact) mass is 387 g/mol. The van der Waals surface area contributed by atoms with Crippen molar-refractivity contribution in [1.82, 2.24) is 19.9 Å². The number of carbonyl (C=O) groups excluding carboxylic acids is 1. The molecule has 2 atom stereocenters. The van der Waals surface area contributed by atoms with Crippen molar-refractivity contribution in [2.75, 3.05) is 11.4 Å². The summed E-state index contributed by atoms with van der Waals surface area (Å²) in [6, 6.07) is 5.74. The van der Waals surface area contributed by atoms with Crippen molar-refractivity contribution in [3.8, 4) is 5.69 Å². The lowest BCUT2D eigenvalue weighted by molar-refractivity contribution is -0.122. The number of hydrogen-bond donors (Lipinski definition) is 1. The number of benzene rings is 1. The van der Waals surface area contributed by atoms with Crippen molar-refractivity contribution in [3.05, 3.63) is 47.0 Å². The molecule has 1 aromatic carbocycles. The zero-order valence-electron chi connectivity index (χ0n) is 13.7. The van der Waals surface area contributed by atoms with Gasteiger partial charge < -0.3 is 14.8 Å². The number of hydrogen-bond acceptors (Lipinski definition) is 4. The number of piperazine rings is 1. The molecule has 1 amide bonds. The summed E-state index contributed by atoms with van der Waals surface area (Å²) in [4.78, 5) is 23.4. The van der Waals surface area contributed by atoms with Crippen LogP contribution in [0.15, 0.2) is 36.9 Å². The van der Waals surface area contributed by atoms with E-state index in [1.54, 1.807) is 18.6 Å². The third-order valence-corrected chi connectivity index (χ3v) is 6.00. The number of nitrogens with one attached hydrogen (secondary N) is 1. The van der Waals surface area contributed by atoms with Gasteiger partial charge in [-0.3, -0.25) is 4.79 Å². The average Bonchev–Trinajstić information content (AvgIpc) is 3.28. The molecule has 2 aliphatic heterocycles. The first-order valence-corrected chi connectivity index (χ1v) is 9.22. The lowest BCUT2D eigenvalue weighted by Gasteiger charge is -2.35. The third-order valence-electron chi connectivity index (χ3n) is 5.20. The molecular weight excluding hydrogens is 373 g/mol. The van der Waals surface area contributed by atoms with Crippen molar-refractivity contribution in [2.24, 2.45) is 0 Å². The fraction of sp³-hybridized carbons (Fsp3) is 0.278. The second-order valence-electron chi connectivity index (χ2n) is 6.63. The Kier molecular flexibility index (Phi) is 3.58. The summed E-state index contributed by atoms with van der Waals surface area (Å²) in [7, 11) is 0. The summed E-state index contributed by atoms with van der Waals surface area (Å²) in [5, 5.41) is 4.73. The van der Waals surface area contributed by atoms with Crippen LogP contribution in [0.25, 0.3) is 16.6 Å². The average molecular weight is 388 g/mol. The first kappa shape index (κ1) is 15.9. The van der Waals surface area contributed by atoms with E-state index in [9.17, 15) is 4.79 Å². The number of carbonyl (C=O) groups is 1. The highest BCUT2D eigenvalue weighted by molar-refractivity contribution is 6.45. The summed E-state index contributed by atoms with van der Waals surface area (Å²) in [5.74, 6) is 0.801. The van der Waals surface area contributed by atoms with Crippen LogP contribution in [0.1, 0.15) is 12.8 Å². The van der Waals surface area contributed by atoms with Crippen LogP contribution in [-0.2, 0) is 4.79 Å². The van der Waals surface area contributed by atoms with Crippen molar-refractivity contribution < 1.29 is 4.79 Å². The molecule has 4 heterocycles. The molecule has 0 aliphatic carbocycles. The molecule has 2 aromatic heterocycles. The molecule has 132 valence electrons. The van der Waals surface area contributed by atoms with Crippen LogP contribution in [0.2, 0.25) is 10.0 Å². The van der Waals surface area contributed by atoms with Crippen LogP contribution in [0, 0.1) is 0 Å². The van der Waals surface area contributed by atoms with Crippen molar-refractivity contribution in [1.29, 1.82) is 0 Å². The Labute approximate surface area is 159 Å². The van der Waals surface area contributed by atoms with Crippen LogP contribution in [0.5, 0.6) is 0 Å². The van der Waals surface area contributed by atoms with E-state index < -0.39 is 0 Å². The zero-order chi connectivity index (χ0) is 17.8. The zero-order valence-corrected chi connectivity index (χ0v) is 15.2. The number of aromatic nitrogens is 3. The molecule has 1 N–H and O–H groups in total. The predicted octanol–water partition coefficient (Wildman–Crippen LogP) is 3.19. The Morgan fingerprint density at radius 3 is 2.92 bits per heavy atom. The van der Waals surface area contributed by atoms with Crippen molar-refractivity contribution >= 4 is 45.8 Å². The van der Waals surface area contributed by atoms with E-state index in [2.05, 4.69) is 15.2 Å². The van der Waals surface area contributed by atoms with Crippen LogP contribution < -0.4 is 10.2 Å². The maximum Gasteiger partial charge on any atom is 0.242 e. The third kappa shape index (κ3) is 2.29. The Bertz CT molecular complexity index is 1020. The summed E-state index contributed by atoms with van der Waals surface area (Å²) in [6.45, 7) is 0.638. The maximum atomic E-state index is 12.3. The largest absolute Gasteiger partial charge is 0.352 e. The second-order valence-corrected chi connectivity index (χ2v) is 7.41. The van der Waals surface area contributed by atoms with Crippen LogP contribution >= 0.6 is 23.2 Å². The first-order chi connectivity index (χ1) is 12.6. The lowest BCUT2D eigenvalue weighted by Crippen LogP contribution is -2.55. The fourth-order valence-corrected chi connectivity index (χ4v) is 4.33. The molecule has 2 unspecified atom stereocenters. The quantitative estimate of drug-likeness (QED) is 0.733. The summed E-state index contributed by atoms with van der Waals surface area (Å²) < 4.78 is 1.92. The van der Waals surface area contributed by atoms with Gasteiger partial charge in [0.2, 0.25) is 5.91 Å². The topological polar surface area (TPSA) is 63.1 Å². The number of imidazole rings is 1. The van der Waals surface area contributed by atoms with Gasteiger partial charge in [-0.05, 0) is 25.0 Å². The fourth-order valence-electron chi connectivity index (χ4n) is 3.97. The molecule has 5 rings (SSSR count). The molecule has 8 heteroatoms.